The van der Waals surface area contributed by atoms with Crippen LogP contribution < -0.4 is 4.74 Å². The summed E-state index contributed by atoms with van der Waals surface area (Å²) >= 11 is 16.3. The van der Waals surface area contributed by atoms with Gasteiger partial charge in [0, 0.05) is 36.2 Å². The van der Waals surface area contributed by atoms with Crippen LogP contribution in [0.25, 0.3) is 0 Å². The van der Waals surface area contributed by atoms with Crippen molar-refractivity contribution in [2.75, 3.05) is 32.8 Å². The Bertz CT molecular complexity index is 1530. The third kappa shape index (κ3) is 6.58. The molecule has 7 nitrogen and oxygen atoms in total. The van der Waals surface area contributed by atoms with E-state index in [1.54, 1.807) is 60.4 Å². The number of amidine groups is 1. The maximum Gasteiger partial charge on any atom is 0.416 e. The van der Waals surface area contributed by atoms with Crippen LogP contribution in [0, 0.1) is 0 Å². The number of halogens is 5. The summed E-state index contributed by atoms with van der Waals surface area (Å²) in [6.07, 6.45) is -4.60. The summed E-state index contributed by atoms with van der Waals surface area (Å²) in [7, 11) is 0. The number of hydrogen-bond donors (Lipinski definition) is 1. The van der Waals surface area contributed by atoms with E-state index in [9.17, 15) is 22.8 Å². The zero-order valence-corrected chi connectivity index (χ0v) is 25.3. The molecule has 1 saturated heterocycles. The van der Waals surface area contributed by atoms with Gasteiger partial charge < -0.3 is 14.5 Å². The lowest BCUT2D eigenvalue weighted by atomic mass is 9.93. The van der Waals surface area contributed by atoms with E-state index in [0.717, 1.165) is 17.7 Å². The number of carbonyl (C=O) groups is 2. The molecule has 13 heteroatoms. The Morgan fingerprint density at radius 3 is 2.00 bits per heavy atom. The fourth-order valence-electron chi connectivity index (χ4n) is 5.25. The second-order valence-corrected chi connectivity index (χ2v) is 11.3. The fraction of sp³-hybridized carbons (Fsp3) is 0.300. The van der Waals surface area contributed by atoms with Crippen LogP contribution in [-0.4, -0.2) is 64.6 Å². The molecule has 0 N–H and O–H groups in total. The molecule has 0 saturated carbocycles. The molecule has 0 bridgehead atoms. The molecule has 0 spiro atoms. The van der Waals surface area contributed by atoms with Crippen molar-refractivity contribution in [3.05, 3.63) is 99.0 Å². The Hall–Kier alpha value is -3.41. The van der Waals surface area contributed by atoms with Crippen molar-refractivity contribution in [2.45, 2.75) is 25.2 Å². The van der Waals surface area contributed by atoms with Crippen LogP contribution in [0.2, 0.25) is 10.0 Å². The standard InChI is InChI=1S/C30H27Cl2F3N4O3S/c1-2-42-24-17-20(30(33,34)35)7-12-23(24)27-36-25(18-3-8-21(31)9-4-18)26(19-5-10-22(32)11-6-19)39(27)28(40)37-13-15-38(16-14-37)29(41)43/h3-12,17,25-26H,2,13-16H2,1H3,(H,41,43). The number of nitrogens with zero attached hydrogens (tertiary/aromatic N) is 4. The number of rotatable bonds is 5. The van der Waals surface area contributed by atoms with Crippen LogP contribution in [0.4, 0.5) is 22.8 Å². The molecular formula is C30H27Cl2F3N4O3S. The topological polar surface area (TPSA) is 65.5 Å². The Morgan fingerprint density at radius 1 is 0.907 bits per heavy atom. The first-order chi connectivity index (χ1) is 20.5. The molecule has 2 heterocycles. The van der Waals surface area contributed by atoms with E-state index in [-0.39, 0.29) is 55.2 Å². The predicted molar refractivity (Wildman–Crippen MR) is 162 cm³/mol. The van der Waals surface area contributed by atoms with Gasteiger partial charge in [0.1, 0.15) is 17.6 Å². The van der Waals surface area contributed by atoms with E-state index < -0.39 is 29.9 Å². The van der Waals surface area contributed by atoms with E-state index in [1.807, 2.05) is 0 Å². The van der Waals surface area contributed by atoms with Gasteiger partial charge in [0.05, 0.1) is 23.8 Å². The Kier molecular flexibility index (Phi) is 9.15. The highest BCUT2D eigenvalue weighted by molar-refractivity contribution is 7.96. The van der Waals surface area contributed by atoms with Crippen LogP contribution in [0.15, 0.2) is 71.7 Å². The van der Waals surface area contributed by atoms with Gasteiger partial charge >= 0.3 is 12.2 Å². The zero-order chi connectivity index (χ0) is 30.9. The Balaban J connectivity index is 1.67. The van der Waals surface area contributed by atoms with Crippen molar-refractivity contribution in [1.82, 2.24) is 14.7 Å². The van der Waals surface area contributed by atoms with Gasteiger partial charge in [-0.3, -0.25) is 14.7 Å². The second-order valence-electron chi connectivity index (χ2n) is 10.00. The number of amides is 3. The minimum absolute atomic E-state index is 0.0500. The van der Waals surface area contributed by atoms with Crippen molar-refractivity contribution in [3.63, 3.8) is 0 Å². The average molecular weight is 652 g/mol. The maximum absolute atomic E-state index is 14.4. The number of hydrogen-bond acceptors (Lipinski definition) is 4. The molecule has 2 aliphatic rings. The first kappa shape index (κ1) is 31.0. The lowest BCUT2D eigenvalue weighted by Crippen LogP contribution is -2.54. The van der Waals surface area contributed by atoms with Gasteiger partial charge in [0.2, 0.25) is 0 Å². The fourth-order valence-corrected chi connectivity index (χ4v) is 5.71. The van der Waals surface area contributed by atoms with Crippen molar-refractivity contribution >= 4 is 52.9 Å². The van der Waals surface area contributed by atoms with Gasteiger partial charge in [-0.25, -0.2) is 4.79 Å². The Labute approximate surface area is 262 Å². The largest absolute Gasteiger partial charge is 0.493 e. The van der Waals surface area contributed by atoms with Crippen molar-refractivity contribution < 1.29 is 27.5 Å². The third-order valence-corrected chi connectivity index (χ3v) is 8.15. The van der Waals surface area contributed by atoms with E-state index in [1.165, 1.54) is 15.9 Å². The van der Waals surface area contributed by atoms with Crippen LogP contribution in [-0.2, 0) is 6.18 Å². The number of thiol groups is 1. The first-order valence-electron chi connectivity index (χ1n) is 13.5. The molecule has 0 aromatic heterocycles. The highest BCUT2D eigenvalue weighted by atomic mass is 35.5. The minimum Gasteiger partial charge on any atom is -0.493 e. The van der Waals surface area contributed by atoms with Crippen molar-refractivity contribution in [1.29, 1.82) is 0 Å². The molecular weight excluding hydrogens is 624 g/mol. The summed E-state index contributed by atoms with van der Waals surface area (Å²) in [5.74, 6) is 0.112. The minimum atomic E-state index is -4.60. The monoisotopic (exact) mass is 650 g/mol. The molecule has 3 aromatic rings. The normalized spacial score (nSPS) is 19.0. The smallest absolute Gasteiger partial charge is 0.416 e. The molecule has 3 amide bonds. The molecule has 0 radical (unpaired) electrons. The molecule has 3 aromatic carbocycles. The summed E-state index contributed by atoms with van der Waals surface area (Å²) in [6.45, 7) is 2.80. The van der Waals surface area contributed by atoms with Gasteiger partial charge in [-0.1, -0.05) is 60.1 Å². The quantitative estimate of drug-likeness (QED) is 0.287. The number of ether oxygens (including phenoxy) is 1. The predicted octanol–water partition coefficient (Wildman–Crippen LogP) is 7.74. The molecule has 2 unspecified atom stereocenters. The second kappa shape index (κ2) is 12.7. The molecule has 0 aliphatic carbocycles. The van der Waals surface area contributed by atoms with Crippen LogP contribution in [0.5, 0.6) is 5.75 Å². The lowest BCUT2D eigenvalue weighted by molar-refractivity contribution is -0.137. The van der Waals surface area contributed by atoms with Gasteiger partial charge in [-0.2, -0.15) is 13.2 Å². The highest BCUT2D eigenvalue weighted by Crippen LogP contribution is 2.46. The van der Waals surface area contributed by atoms with Crippen LogP contribution in [0.1, 0.15) is 41.3 Å². The number of benzene rings is 3. The summed E-state index contributed by atoms with van der Waals surface area (Å²) in [5, 5.41) is 0.626. The van der Waals surface area contributed by atoms with Crippen molar-refractivity contribution in [2.24, 2.45) is 4.99 Å². The number of urea groups is 1. The molecule has 226 valence electrons. The SMILES string of the molecule is CCOc1cc(C(F)(F)F)ccc1C1=NC(c2ccc(Cl)cc2)C(c2ccc(Cl)cc2)N1C(=O)N1CCN(C(=O)S)CC1. The number of aliphatic imine (C=N–C) groups is 1. The number of piperazine rings is 1. The third-order valence-electron chi connectivity index (χ3n) is 7.37. The molecule has 2 aliphatic heterocycles. The Morgan fingerprint density at radius 2 is 1.47 bits per heavy atom. The highest BCUT2D eigenvalue weighted by Gasteiger charge is 2.45. The van der Waals surface area contributed by atoms with Crippen LogP contribution >= 0.6 is 35.8 Å². The van der Waals surface area contributed by atoms with Crippen molar-refractivity contribution in [3.8, 4) is 5.75 Å². The first-order valence-corrected chi connectivity index (χ1v) is 14.7. The summed E-state index contributed by atoms with van der Waals surface area (Å²) in [6, 6.07) is 15.4. The number of alkyl halides is 3. The van der Waals surface area contributed by atoms with Gasteiger partial charge in [-0.05, 0) is 60.5 Å². The summed E-state index contributed by atoms with van der Waals surface area (Å²) in [4.78, 5) is 35.8. The summed E-state index contributed by atoms with van der Waals surface area (Å²) < 4.78 is 46.7. The molecule has 1 fully saturated rings. The van der Waals surface area contributed by atoms with E-state index in [4.69, 9.17) is 32.9 Å². The van der Waals surface area contributed by atoms with Gasteiger partial charge in [0.25, 0.3) is 5.24 Å². The maximum atomic E-state index is 14.4. The molecule has 2 atom stereocenters. The van der Waals surface area contributed by atoms with Gasteiger partial charge in [0.15, 0.2) is 0 Å². The number of carbonyl (C=O) groups excluding carboxylic acids is 2. The van der Waals surface area contributed by atoms with Gasteiger partial charge in [-0.15, -0.1) is 0 Å². The molecule has 43 heavy (non-hydrogen) atoms. The molecule has 5 rings (SSSR count). The summed E-state index contributed by atoms with van der Waals surface area (Å²) in [5.41, 5.74) is 0.813. The van der Waals surface area contributed by atoms with E-state index in [2.05, 4.69) is 12.6 Å². The van der Waals surface area contributed by atoms with E-state index >= 15 is 0 Å². The zero-order valence-electron chi connectivity index (χ0n) is 22.9. The lowest BCUT2D eigenvalue weighted by Gasteiger charge is -2.38. The average Bonchev–Trinajstić information content (AvgIpc) is 3.37. The van der Waals surface area contributed by atoms with Crippen LogP contribution in [0.3, 0.4) is 0 Å². The van der Waals surface area contributed by atoms with E-state index in [0.29, 0.717) is 15.6 Å².